The number of nitrogens with one attached hydrogen (secondary N) is 1. The molecular weight excluding hydrogens is 203 g/mol. The van der Waals surface area contributed by atoms with Gasteiger partial charge in [0.05, 0.1) is 0 Å². The molecule has 0 heterocycles. The molecule has 2 nitrogen and oxygen atoms in total. The summed E-state index contributed by atoms with van der Waals surface area (Å²) in [6.07, 6.45) is 0. The Morgan fingerprint density at radius 1 is 1.50 bits per heavy atom. The highest BCUT2D eigenvalue weighted by Gasteiger charge is 2.04. The molecule has 0 radical (unpaired) electrons. The van der Waals surface area contributed by atoms with E-state index in [9.17, 15) is 4.39 Å². The van der Waals surface area contributed by atoms with Crippen LogP contribution in [0.1, 0.15) is 11.1 Å². The van der Waals surface area contributed by atoms with Crippen molar-refractivity contribution in [2.45, 2.75) is 13.5 Å². The number of hydrogen-bond donors (Lipinski definition) is 2. The zero-order valence-corrected chi connectivity index (χ0v) is 8.87. The van der Waals surface area contributed by atoms with Crippen LogP contribution >= 0.6 is 11.6 Å². The van der Waals surface area contributed by atoms with Gasteiger partial charge in [-0.25, -0.2) is 4.39 Å². The van der Waals surface area contributed by atoms with E-state index < -0.39 is 0 Å². The van der Waals surface area contributed by atoms with Crippen LogP contribution in [0.3, 0.4) is 0 Å². The monoisotopic (exact) mass is 216 g/mol. The summed E-state index contributed by atoms with van der Waals surface area (Å²) in [5.74, 6) is -0.223. The van der Waals surface area contributed by atoms with Gasteiger partial charge < -0.3 is 11.1 Å². The summed E-state index contributed by atoms with van der Waals surface area (Å²) in [5, 5.41) is 3.65. The molecule has 0 aliphatic heterocycles. The van der Waals surface area contributed by atoms with E-state index in [4.69, 9.17) is 17.3 Å². The first kappa shape index (κ1) is 11.4. The lowest BCUT2D eigenvalue weighted by atomic mass is 10.1. The second-order valence-corrected chi connectivity index (χ2v) is 3.57. The molecule has 0 spiro atoms. The maximum Gasteiger partial charge on any atom is 0.126 e. The molecule has 0 aliphatic rings. The van der Waals surface area contributed by atoms with E-state index in [0.29, 0.717) is 30.2 Å². The first-order chi connectivity index (χ1) is 6.65. The van der Waals surface area contributed by atoms with Crippen LogP contribution in [0.5, 0.6) is 0 Å². The Morgan fingerprint density at radius 3 is 2.86 bits per heavy atom. The SMILES string of the molecule is Cc1cc(Cl)c(CNCCN)cc1F. The minimum atomic E-state index is -0.223. The van der Waals surface area contributed by atoms with E-state index in [0.717, 1.165) is 5.56 Å². The van der Waals surface area contributed by atoms with E-state index in [2.05, 4.69) is 5.32 Å². The number of halogens is 2. The second-order valence-electron chi connectivity index (χ2n) is 3.16. The molecule has 0 saturated carbocycles. The summed E-state index contributed by atoms with van der Waals surface area (Å²) in [7, 11) is 0. The molecule has 0 aliphatic carbocycles. The first-order valence-corrected chi connectivity index (χ1v) is 4.88. The highest BCUT2D eigenvalue weighted by Crippen LogP contribution is 2.20. The molecule has 0 atom stereocenters. The van der Waals surface area contributed by atoms with Crippen LogP contribution in [-0.2, 0) is 6.54 Å². The van der Waals surface area contributed by atoms with Crippen molar-refractivity contribution in [3.8, 4) is 0 Å². The Morgan fingerprint density at radius 2 is 2.21 bits per heavy atom. The molecule has 0 unspecified atom stereocenters. The molecule has 0 amide bonds. The van der Waals surface area contributed by atoms with Gasteiger partial charge in [0.25, 0.3) is 0 Å². The smallest absolute Gasteiger partial charge is 0.126 e. The summed E-state index contributed by atoms with van der Waals surface area (Å²) < 4.78 is 13.2. The van der Waals surface area contributed by atoms with Crippen molar-refractivity contribution in [1.82, 2.24) is 5.32 Å². The summed E-state index contributed by atoms with van der Waals surface area (Å²) >= 11 is 5.94. The summed E-state index contributed by atoms with van der Waals surface area (Å²) in [5.41, 5.74) is 6.65. The highest BCUT2D eigenvalue weighted by atomic mass is 35.5. The molecule has 1 rings (SSSR count). The zero-order chi connectivity index (χ0) is 10.6. The van der Waals surface area contributed by atoms with Gasteiger partial charge in [-0.1, -0.05) is 11.6 Å². The van der Waals surface area contributed by atoms with Crippen molar-refractivity contribution in [1.29, 1.82) is 0 Å². The fraction of sp³-hybridized carbons (Fsp3) is 0.400. The molecule has 0 aromatic heterocycles. The van der Waals surface area contributed by atoms with Gasteiger partial charge in [0.1, 0.15) is 5.82 Å². The molecule has 4 heteroatoms. The summed E-state index contributed by atoms with van der Waals surface area (Å²) in [6.45, 7) is 3.50. The van der Waals surface area contributed by atoms with Crippen molar-refractivity contribution < 1.29 is 4.39 Å². The van der Waals surface area contributed by atoms with Crippen molar-refractivity contribution in [2.75, 3.05) is 13.1 Å². The topological polar surface area (TPSA) is 38.0 Å². The summed E-state index contributed by atoms with van der Waals surface area (Å²) in [6, 6.07) is 3.09. The van der Waals surface area contributed by atoms with Crippen LogP contribution in [0.25, 0.3) is 0 Å². The molecule has 1 aromatic carbocycles. The van der Waals surface area contributed by atoms with E-state index in [-0.39, 0.29) is 5.82 Å². The normalized spacial score (nSPS) is 10.6. The summed E-state index contributed by atoms with van der Waals surface area (Å²) in [4.78, 5) is 0. The minimum Gasteiger partial charge on any atom is -0.329 e. The Bertz CT molecular complexity index is 315. The maximum atomic E-state index is 13.2. The first-order valence-electron chi connectivity index (χ1n) is 4.50. The van der Waals surface area contributed by atoms with Gasteiger partial charge >= 0.3 is 0 Å². The molecular formula is C10H14ClFN2. The molecule has 1 aromatic rings. The standard InChI is InChI=1S/C10H14ClFN2/c1-7-4-9(11)8(5-10(7)12)6-14-3-2-13/h4-5,14H,2-3,6,13H2,1H3. The molecule has 0 fully saturated rings. The second kappa shape index (κ2) is 5.29. The van der Waals surface area contributed by atoms with Crippen LogP contribution in [0.15, 0.2) is 12.1 Å². The lowest BCUT2D eigenvalue weighted by molar-refractivity contribution is 0.612. The predicted octanol–water partition coefficient (Wildman–Crippen LogP) is 1.84. The van der Waals surface area contributed by atoms with Crippen LogP contribution in [0, 0.1) is 12.7 Å². The fourth-order valence-electron chi connectivity index (χ4n) is 1.15. The third kappa shape index (κ3) is 2.94. The van der Waals surface area contributed by atoms with Gasteiger partial charge in [0.2, 0.25) is 0 Å². The Kier molecular flexibility index (Phi) is 4.32. The molecule has 0 saturated heterocycles. The average molecular weight is 217 g/mol. The van der Waals surface area contributed by atoms with Gasteiger partial charge in [0, 0.05) is 24.7 Å². The van der Waals surface area contributed by atoms with Gasteiger partial charge in [-0.2, -0.15) is 0 Å². The van der Waals surface area contributed by atoms with Crippen molar-refractivity contribution in [2.24, 2.45) is 5.73 Å². The third-order valence-electron chi connectivity index (χ3n) is 1.96. The van der Waals surface area contributed by atoms with Crippen molar-refractivity contribution in [3.63, 3.8) is 0 Å². The van der Waals surface area contributed by atoms with E-state index >= 15 is 0 Å². The van der Waals surface area contributed by atoms with Gasteiger partial charge in [0.15, 0.2) is 0 Å². The van der Waals surface area contributed by atoms with Crippen LogP contribution < -0.4 is 11.1 Å². The van der Waals surface area contributed by atoms with Crippen molar-refractivity contribution in [3.05, 3.63) is 34.1 Å². The quantitative estimate of drug-likeness (QED) is 0.754. The lowest BCUT2D eigenvalue weighted by Gasteiger charge is -2.07. The Balaban J connectivity index is 2.72. The number of aryl methyl sites for hydroxylation is 1. The minimum absolute atomic E-state index is 0.223. The van der Waals surface area contributed by atoms with Gasteiger partial charge in [-0.15, -0.1) is 0 Å². The number of rotatable bonds is 4. The van der Waals surface area contributed by atoms with Crippen LogP contribution in [0.4, 0.5) is 4.39 Å². The fourth-order valence-corrected chi connectivity index (χ4v) is 1.43. The highest BCUT2D eigenvalue weighted by molar-refractivity contribution is 6.31. The van der Waals surface area contributed by atoms with Crippen LogP contribution in [-0.4, -0.2) is 13.1 Å². The lowest BCUT2D eigenvalue weighted by Crippen LogP contribution is -2.22. The molecule has 14 heavy (non-hydrogen) atoms. The van der Waals surface area contributed by atoms with Gasteiger partial charge in [-0.3, -0.25) is 0 Å². The van der Waals surface area contributed by atoms with E-state index in [1.807, 2.05) is 0 Å². The van der Waals surface area contributed by atoms with E-state index in [1.165, 1.54) is 6.07 Å². The predicted molar refractivity (Wildman–Crippen MR) is 56.9 cm³/mol. The van der Waals surface area contributed by atoms with Crippen molar-refractivity contribution >= 4 is 11.6 Å². The molecule has 78 valence electrons. The maximum absolute atomic E-state index is 13.2. The Hall–Kier alpha value is -0.640. The number of benzene rings is 1. The molecule has 3 N–H and O–H groups in total. The number of hydrogen-bond acceptors (Lipinski definition) is 2. The number of nitrogens with two attached hydrogens (primary N) is 1. The third-order valence-corrected chi connectivity index (χ3v) is 2.32. The average Bonchev–Trinajstić information content (AvgIpc) is 2.14. The zero-order valence-electron chi connectivity index (χ0n) is 8.11. The molecule has 0 bridgehead atoms. The van der Waals surface area contributed by atoms with Gasteiger partial charge in [-0.05, 0) is 30.2 Å². The largest absolute Gasteiger partial charge is 0.329 e. The van der Waals surface area contributed by atoms with Crippen LogP contribution in [0.2, 0.25) is 5.02 Å². The Labute approximate surface area is 88.2 Å². The van der Waals surface area contributed by atoms with E-state index in [1.54, 1.807) is 13.0 Å².